The number of hydrogen-bond acceptors (Lipinski definition) is 12. The van der Waals surface area contributed by atoms with Gasteiger partial charge >= 0.3 is 0 Å². The molecule has 1 aliphatic carbocycles. The largest absolute Gasteiger partial charge is 0.490 e. The number of carbonyl (C=O) groups is 4. The summed E-state index contributed by atoms with van der Waals surface area (Å²) < 4.78 is 6.08. The first kappa shape index (κ1) is 39.9. The molecular weight excluding hydrogens is 748 g/mol. The number of hydrogen-bond donors (Lipinski definition) is 2. The SMILES string of the molecule is CN(C(=O)Cc1ccc(N2CCN(CC3CCN(c4ccc(C(=O)N[C@H]5CC[C@H](Oc6ccc(C#N)c(Cl)c6)CC5)nn4)CC3)CC2)nc1)C1CCC(=O)NC1=O. The number of nitriles is 1. The van der Waals surface area contributed by atoms with Crippen molar-refractivity contribution in [3.05, 3.63) is 70.5 Å². The summed E-state index contributed by atoms with van der Waals surface area (Å²) >= 11 is 6.15. The Balaban J connectivity index is 0.785. The minimum absolute atomic E-state index is 0.0278. The second-order valence-corrected chi connectivity index (χ2v) is 15.9. The number of rotatable bonds is 11. The van der Waals surface area contributed by atoms with Crippen molar-refractivity contribution in [2.75, 3.05) is 62.7 Å². The molecule has 1 aromatic carbocycles. The average molecular weight is 797 g/mol. The van der Waals surface area contributed by atoms with Crippen LogP contribution in [0.2, 0.25) is 5.02 Å². The molecule has 0 bridgehead atoms. The van der Waals surface area contributed by atoms with E-state index in [0.717, 1.165) is 102 Å². The summed E-state index contributed by atoms with van der Waals surface area (Å²) in [4.78, 5) is 62.6. The smallest absolute Gasteiger partial charge is 0.272 e. The molecule has 5 heterocycles. The number of anilines is 2. The van der Waals surface area contributed by atoms with E-state index in [1.807, 2.05) is 18.2 Å². The van der Waals surface area contributed by atoms with Gasteiger partial charge in [0.05, 0.1) is 23.1 Å². The van der Waals surface area contributed by atoms with Crippen LogP contribution in [0.3, 0.4) is 0 Å². The number of piperazine rings is 1. The van der Waals surface area contributed by atoms with Crippen molar-refractivity contribution in [1.29, 1.82) is 5.26 Å². The molecule has 1 unspecified atom stereocenters. The molecule has 1 atom stereocenters. The number of halogens is 1. The van der Waals surface area contributed by atoms with E-state index in [-0.39, 0.29) is 42.7 Å². The van der Waals surface area contributed by atoms with E-state index in [2.05, 4.69) is 46.6 Å². The molecule has 2 N–H and O–H groups in total. The van der Waals surface area contributed by atoms with Crippen LogP contribution in [-0.4, -0.2) is 120 Å². The molecule has 16 heteroatoms. The maximum Gasteiger partial charge on any atom is 0.272 e. The lowest BCUT2D eigenvalue weighted by atomic mass is 9.93. The van der Waals surface area contributed by atoms with Gasteiger partial charge in [0.1, 0.15) is 23.7 Å². The average Bonchev–Trinajstić information content (AvgIpc) is 3.22. The zero-order valence-electron chi connectivity index (χ0n) is 32.2. The van der Waals surface area contributed by atoms with Gasteiger partial charge in [0.15, 0.2) is 11.5 Å². The number of piperidine rings is 2. The van der Waals surface area contributed by atoms with Gasteiger partial charge in [-0.15, -0.1) is 10.2 Å². The highest BCUT2D eigenvalue weighted by Crippen LogP contribution is 2.28. The molecular formula is C41H49ClN10O5. The number of pyridine rings is 1. The molecule has 1 saturated carbocycles. The van der Waals surface area contributed by atoms with Crippen molar-refractivity contribution in [1.82, 2.24) is 35.6 Å². The van der Waals surface area contributed by atoms with Crippen molar-refractivity contribution in [2.45, 2.75) is 76.0 Å². The lowest BCUT2D eigenvalue weighted by Crippen LogP contribution is -2.53. The first-order valence-corrected chi connectivity index (χ1v) is 20.3. The monoisotopic (exact) mass is 796 g/mol. The Morgan fingerprint density at radius 3 is 2.32 bits per heavy atom. The zero-order chi connectivity index (χ0) is 39.9. The normalized spacial score (nSPS) is 22.0. The van der Waals surface area contributed by atoms with E-state index >= 15 is 0 Å². The van der Waals surface area contributed by atoms with Crippen LogP contribution < -0.4 is 25.2 Å². The second-order valence-electron chi connectivity index (χ2n) is 15.5. The van der Waals surface area contributed by atoms with E-state index in [4.69, 9.17) is 21.6 Å². The molecule has 4 amide bonds. The van der Waals surface area contributed by atoms with Crippen LogP contribution in [0.4, 0.5) is 11.6 Å². The van der Waals surface area contributed by atoms with Gasteiger partial charge in [0.25, 0.3) is 5.91 Å². The maximum atomic E-state index is 13.0. The van der Waals surface area contributed by atoms with Crippen LogP contribution in [0.25, 0.3) is 0 Å². The maximum absolute atomic E-state index is 13.0. The van der Waals surface area contributed by atoms with Gasteiger partial charge in [0, 0.05) is 77.6 Å². The third-order valence-corrected chi connectivity index (χ3v) is 12.0. The molecule has 0 spiro atoms. The summed E-state index contributed by atoms with van der Waals surface area (Å²) in [7, 11) is 1.61. The fourth-order valence-corrected chi connectivity index (χ4v) is 8.37. The number of carbonyl (C=O) groups excluding carboxylic acids is 4. The van der Waals surface area contributed by atoms with Gasteiger partial charge in [-0.25, -0.2) is 4.98 Å². The highest BCUT2D eigenvalue weighted by atomic mass is 35.5. The van der Waals surface area contributed by atoms with Gasteiger partial charge in [-0.2, -0.15) is 5.26 Å². The number of nitrogens with zero attached hydrogens (tertiary/aromatic N) is 8. The number of benzene rings is 1. The van der Waals surface area contributed by atoms with Crippen molar-refractivity contribution >= 4 is 46.9 Å². The quantitative estimate of drug-likeness (QED) is 0.271. The molecule has 4 fully saturated rings. The van der Waals surface area contributed by atoms with Crippen molar-refractivity contribution in [3.8, 4) is 11.8 Å². The first-order chi connectivity index (χ1) is 27.6. The molecule has 4 aliphatic rings. The van der Waals surface area contributed by atoms with E-state index in [1.54, 1.807) is 37.5 Å². The predicted molar refractivity (Wildman–Crippen MR) is 213 cm³/mol. The third kappa shape index (κ3) is 10.2. The molecule has 3 aromatic rings. The minimum Gasteiger partial charge on any atom is -0.490 e. The summed E-state index contributed by atoms with van der Waals surface area (Å²) in [5.74, 6) is 1.81. The molecule has 57 heavy (non-hydrogen) atoms. The summed E-state index contributed by atoms with van der Waals surface area (Å²) in [5.41, 5.74) is 1.52. The third-order valence-electron chi connectivity index (χ3n) is 11.6. The Hall–Kier alpha value is -5.33. The molecule has 2 aromatic heterocycles. The summed E-state index contributed by atoms with van der Waals surface area (Å²) in [5, 5.41) is 23.6. The Kier molecular flexibility index (Phi) is 12.8. The summed E-state index contributed by atoms with van der Waals surface area (Å²) in [6.45, 7) is 6.51. The lowest BCUT2D eigenvalue weighted by Gasteiger charge is -2.39. The fourth-order valence-electron chi connectivity index (χ4n) is 8.15. The number of likely N-dealkylation sites (N-methyl/N-ethyl adjacent to an activating group) is 1. The van der Waals surface area contributed by atoms with E-state index in [0.29, 0.717) is 34.4 Å². The Bertz CT molecular complexity index is 1950. The lowest BCUT2D eigenvalue weighted by molar-refractivity contribution is -0.144. The number of amides is 4. The predicted octanol–water partition coefficient (Wildman–Crippen LogP) is 3.36. The van der Waals surface area contributed by atoms with E-state index < -0.39 is 11.9 Å². The van der Waals surface area contributed by atoms with E-state index in [9.17, 15) is 19.2 Å². The van der Waals surface area contributed by atoms with Gasteiger partial charge in [-0.1, -0.05) is 17.7 Å². The van der Waals surface area contributed by atoms with Crippen molar-refractivity contribution in [2.24, 2.45) is 5.92 Å². The van der Waals surface area contributed by atoms with Crippen molar-refractivity contribution in [3.63, 3.8) is 0 Å². The number of aromatic nitrogens is 3. The van der Waals surface area contributed by atoms with Crippen LogP contribution >= 0.6 is 11.6 Å². The molecule has 3 saturated heterocycles. The number of nitrogens with one attached hydrogen (secondary N) is 2. The van der Waals surface area contributed by atoms with Gasteiger partial charge in [-0.3, -0.25) is 29.4 Å². The fraction of sp³-hybridized carbons (Fsp3) is 0.512. The minimum atomic E-state index is -0.630. The number of ether oxygens (including phenoxy) is 1. The molecule has 0 radical (unpaired) electrons. The second kappa shape index (κ2) is 18.3. The van der Waals surface area contributed by atoms with E-state index in [1.165, 1.54) is 4.90 Å². The molecule has 15 nitrogen and oxygen atoms in total. The first-order valence-electron chi connectivity index (χ1n) is 19.9. The van der Waals surface area contributed by atoms with Gasteiger partial charge in [-0.05, 0) is 86.8 Å². The zero-order valence-corrected chi connectivity index (χ0v) is 33.0. The van der Waals surface area contributed by atoms with Gasteiger partial charge in [0.2, 0.25) is 17.7 Å². The Morgan fingerprint density at radius 1 is 0.930 bits per heavy atom. The van der Waals surface area contributed by atoms with Crippen LogP contribution in [-0.2, 0) is 20.8 Å². The topological polar surface area (TPSA) is 177 Å². The Morgan fingerprint density at radius 2 is 1.67 bits per heavy atom. The van der Waals surface area contributed by atoms with Crippen LogP contribution in [0.5, 0.6) is 5.75 Å². The van der Waals surface area contributed by atoms with Crippen LogP contribution in [0.15, 0.2) is 48.7 Å². The standard InChI is InChI=1S/C41H49ClN10O5/c1-49(35-10-13-38(53)46-41(35)56)39(54)22-28-2-11-36(44-25-28)52-20-18-50(19-21-52)26-27-14-16-51(17-15-27)37-12-9-34(47-48-37)40(55)45-30-4-7-31(8-5-30)57-32-6-3-29(24-43)33(42)23-32/h2-3,6,9,11-12,23,25,27,30-31,35H,4-5,7-8,10,13-22,26H2,1H3,(H,45,55)(H,46,53,56)/t30-,31-,35?. The van der Waals surface area contributed by atoms with Crippen LogP contribution in [0.1, 0.15) is 73.0 Å². The van der Waals surface area contributed by atoms with Gasteiger partial charge < -0.3 is 24.8 Å². The molecule has 3 aliphatic heterocycles. The highest BCUT2D eigenvalue weighted by molar-refractivity contribution is 6.31. The molecule has 7 rings (SSSR count). The van der Waals surface area contributed by atoms with Crippen molar-refractivity contribution < 1.29 is 23.9 Å². The Labute approximate surface area is 337 Å². The summed E-state index contributed by atoms with van der Waals surface area (Å²) in [6.07, 6.45) is 7.79. The van der Waals surface area contributed by atoms with Crippen LogP contribution in [0, 0.1) is 17.2 Å². The highest BCUT2D eigenvalue weighted by Gasteiger charge is 2.32. The number of imide groups is 1. The summed E-state index contributed by atoms with van der Waals surface area (Å²) in [6, 6.07) is 14.1. The molecule has 300 valence electrons.